The van der Waals surface area contributed by atoms with Crippen LogP contribution < -0.4 is 0 Å². The van der Waals surface area contributed by atoms with Gasteiger partial charge in [0, 0.05) is 15.6 Å². The van der Waals surface area contributed by atoms with E-state index in [1.54, 1.807) is 36.4 Å². The van der Waals surface area contributed by atoms with Gasteiger partial charge >= 0.3 is 6.18 Å². The third-order valence-corrected chi connectivity index (χ3v) is 3.31. The Labute approximate surface area is 128 Å². The molecule has 1 atom stereocenters. The fraction of sp³-hybridized carbons (Fsp3) is 0.125. The number of hydrogen-bond acceptors (Lipinski definition) is 1. The summed E-state index contributed by atoms with van der Waals surface area (Å²) >= 11 is 3.09. The molecule has 1 N–H and O–H groups in total. The Kier molecular flexibility index (Phi) is 4.40. The first-order valence-corrected chi connectivity index (χ1v) is 6.75. The van der Waals surface area contributed by atoms with Crippen molar-refractivity contribution < 1.29 is 18.3 Å². The smallest absolute Gasteiger partial charge is 0.366 e. The lowest BCUT2D eigenvalue weighted by Crippen LogP contribution is -2.41. The molecule has 0 aliphatic carbocycles. The zero-order valence-electron chi connectivity index (χ0n) is 10.7. The molecule has 0 amide bonds. The molecule has 1 unspecified atom stereocenters. The summed E-state index contributed by atoms with van der Waals surface area (Å²) in [4.78, 5) is 0. The van der Waals surface area contributed by atoms with Crippen LogP contribution in [0.5, 0.6) is 0 Å². The molecule has 2 aromatic carbocycles. The van der Waals surface area contributed by atoms with E-state index in [4.69, 9.17) is 0 Å². The fourth-order valence-corrected chi connectivity index (χ4v) is 2.10. The molecule has 0 spiro atoms. The number of rotatable bonds is 1. The van der Waals surface area contributed by atoms with Crippen molar-refractivity contribution in [1.29, 1.82) is 0 Å². The quantitative estimate of drug-likeness (QED) is 0.759. The number of halogens is 4. The molecule has 0 radical (unpaired) electrons. The maximum atomic E-state index is 13.3. The SMILES string of the molecule is OC(C#Cc1ccccc1)(c1cccc(Br)c1)C(F)(F)F. The summed E-state index contributed by atoms with van der Waals surface area (Å²) in [5.74, 6) is 4.33. The van der Waals surface area contributed by atoms with Crippen molar-refractivity contribution in [2.24, 2.45) is 0 Å². The molecule has 2 aromatic rings. The summed E-state index contributed by atoms with van der Waals surface area (Å²) in [5.41, 5.74) is -3.14. The second-order valence-corrected chi connectivity index (χ2v) is 5.25. The molecule has 0 aromatic heterocycles. The fourth-order valence-electron chi connectivity index (χ4n) is 1.70. The second kappa shape index (κ2) is 5.92. The highest BCUT2D eigenvalue weighted by Gasteiger charge is 2.54. The molecule has 0 aliphatic heterocycles. The van der Waals surface area contributed by atoms with E-state index < -0.39 is 11.8 Å². The Morgan fingerprint density at radius 1 is 0.952 bits per heavy atom. The van der Waals surface area contributed by atoms with Gasteiger partial charge in [-0.1, -0.05) is 52.2 Å². The van der Waals surface area contributed by atoms with Crippen LogP contribution in [0.4, 0.5) is 13.2 Å². The van der Waals surface area contributed by atoms with Gasteiger partial charge in [0.05, 0.1) is 0 Å². The lowest BCUT2D eigenvalue weighted by atomic mass is 9.93. The van der Waals surface area contributed by atoms with Gasteiger partial charge in [-0.15, -0.1) is 0 Å². The van der Waals surface area contributed by atoms with E-state index in [9.17, 15) is 18.3 Å². The molecule has 2 rings (SSSR count). The minimum Gasteiger partial charge on any atom is -0.366 e. The van der Waals surface area contributed by atoms with Crippen molar-refractivity contribution >= 4 is 15.9 Å². The highest BCUT2D eigenvalue weighted by atomic mass is 79.9. The Morgan fingerprint density at radius 2 is 1.62 bits per heavy atom. The minimum absolute atomic E-state index is 0.326. The minimum atomic E-state index is -4.91. The van der Waals surface area contributed by atoms with Crippen LogP contribution in [0.15, 0.2) is 59.1 Å². The van der Waals surface area contributed by atoms with Crippen molar-refractivity contribution in [1.82, 2.24) is 0 Å². The number of benzene rings is 2. The van der Waals surface area contributed by atoms with Crippen molar-refractivity contribution in [2.75, 3.05) is 0 Å². The molecule has 0 saturated carbocycles. The van der Waals surface area contributed by atoms with Gasteiger partial charge in [0.15, 0.2) is 0 Å². The van der Waals surface area contributed by atoms with Gasteiger partial charge in [0.25, 0.3) is 0 Å². The van der Waals surface area contributed by atoms with Gasteiger partial charge in [0.2, 0.25) is 5.60 Å². The zero-order chi connectivity index (χ0) is 15.5. The van der Waals surface area contributed by atoms with Gasteiger partial charge in [0.1, 0.15) is 0 Å². The lowest BCUT2D eigenvalue weighted by molar-refractivity contribution is -0.240. The van der Waals surface area contributed by atoms with E-state index in [0.717, 1.165) is 0 Å². The number of alkyl halides is 3. The van der Waals surface area contributed by atoms with Crippen LogP contribution >= 0.6 is 15.9 Å². The average Bonchev–Trinajstić information content (AvgIpc) is 2.44. The van der Waals surface area contributed by atoms with Crippen molar-refractivity contribution in [3.63, 3.8) is 0 Å². The molecular weight excluding hydrogens is 345 g/mol. The number of aliphatic hydroxyl groups is 1. The van der Waals surface area contributed by atoms with Crippen LogP contribution in [0.3, 0.4) is 0 Å². The topological polar surface area (TPSA) is 20.2 Å². The average molecular weight is 355 g/mol. The highest BCUT2D eigenvalue weighted by molar-refractivity contribution is 9.10. The molecule has 108 valence electrons. The highest BCUT2D eigenvalue weighted by Crippen LogP contribution is 2.39. The van der Waals surface area contributed by atoms with Crippen LogP contribution in [0.2, 0.25) is 0 Å². The van der Waals surface area contributed by atoms with Gasteiger partial charge < -0.3 is 5.11 Å². The Balaban J connectivity index is 2.52. The third-order valence-electron chi connectivity index (χ3n) is 2.81. The van der Waals surface area contributed by atoms with E-state index in [1.165, 1.54) is 18.2 Å². The summed E-state index contributed by atoms with van der Waals surface area (Å²) in [7, 11) is 0. The maximum absolute atomic E-state index is 13.3. The summed E-state index contributed by atoms with van der Waals surface area (Å²) in [5, 5.41) is 10.1. The molecule has 0 bridgehead atoms. The Morgan fingerprint density at radius 3 is 2.19 bits per heavy atom. The number of hydrogen-bond donors (Lipinski definition) is 1. The largest absolute Gasteiger partial charge is 0.433 e. The molecule has 0 saturated heterocycles. The lowest BCUT2D eigenvalue weighted by Gasteiger charge is -2.25. The van der Waals surface area contributed by atoms with Crippen molar-refractivity contribution in [3.05, 3.63) is 70.2 Å². The van der Waals surface area contributed by atoms with Crippen LogP contribution in [-0.4, -0.2) is 11.3 Å². The first-order valence-electron chi connectivity index (χ1n) is 5.96. The maximum Gasteiger partial charge on any atom is 0.433 e. The monoisotopic (exact) mass is 354 g/mol. The van der Waals surface area contributed by atoms with Crippen LogP contribution in [0, 0.1) is 11.8 Å². The molecule has 0 aliphatic rings. The molecule has 0 heterocycles. The Hall–Kier alpha value is -1.77. The van der Waals surface area contributed by atoms with Crippen molar-refractivity contribution in [2.45, 2.75) is 11.8 Å². The van der Waals surface area contributed by atoms with E-state index in [-0.39, 0.29) is 5.56 Å². The summed E-state index contributed by atoms with van der Waals surface area (Å²) in [6.07, 6.45) is -4.91. The summed E-state index contributed by atoms with van der Waals surface area (Å²) < 4.78 is 40.2. The first kappa shape index (κ1) is 15.6. The molecule has 0 fully saturated rings. The van der Waals surface area contributed by atoms with Gasteiger partial charge in [-0.05, 0) is 30.2 Å². The van der Waals surface area contributed by atoms with E-state index in [0.29, 0.717) is 10.0 Å². The second-order valence-electron chi connectivity index (χ2n) is 4.33. The van der Waals surface area contributed by atoms with Gasteiger partial charge in [-0.3, -0.25) is 0 Å². The molecule has 5 heteroatoms. The van der Waals surface area contributed by atoms with Gasteiger partial charge in [-0.25, -0.2) is 0 Å². The normalized spacial score (nSPS) is 14.0. The zero-order valence-corrected chi connectivity index (χ0v) is 12.2. The van der Waals surface area contributed by atoms with Gasteiger partial charge in [-0.2, -0.15) is 13.2 Å². The summed E-state index contributed by atoms with van der Waals surface area (Å²) in [6.45, 7) is 0. The Bertz CT molecular complexity index is 686. The van der Waals surface area contributed by atoms with Crippen LogP contribution in [0.1, 0.15) is 11.1 Å². The van der Waals surface area contributed by atoms with Crippen LogP contribution in [0.25, 0.3) is 0 Å². The third kappa shape index (κ3) is 3.46. The van der Waals surface area contributed by atoms with E-state index in [2.05, 4.69) is 21.9 Å². The molecule has 1 nitrogen and oxygen atoms in total. The molecular formula is C16H10BrF3O. The predicted octanol–water partition coefficient (Wildman–Crippen LogP) is 4.25. The standard InChI is InChI=1S/C16H10BrF3O/c17-14-8-4-7-13(11-14)15(21,16(18,19)20)10-9-12-5-2-1-3-6-12/h1-8,11,21H. The molecule has 21 heavy (non-hydrogen) atoms. The van der Waals surface area contributed by atoms with E-state index in [1.807, 2.05) is 5.92 Å². The first-order chi connectivity index (χ1) is 9.83. The summed E-state index contributed by atoms with van der Waals surface area (Å²) in [6, 6.07) is 13.6. The van der Waals surface area contributed by atoms with E-state index >= 15 is 0 Å². The predicted molar refractivity (Wildman–Crippen MR) is 77.4 cm³/mol. The van der Waals surface area contributed by atoms with Crippen LogP contribution in [-0.2, 0) is 5.60 Å². The van der Waals surface area contributed by atoms with Crippen molar-refractivity contribution in [3.8, 4) is 11.8 Å².